The minimum Gasteiger partial charge on any atom is -0.465 e. The zero-order chi connectivity index (χ0) is 13.2. The van der Waals surface area contributed by atoms with Gasteiger partial charge in [0.2, 0.25) is 0 Å². The molecule has 0 radical (unpaired) electrons. The van der Waals surface area contributed by atoms with E-state index >= 15 is 0 Å². The monoisotopic (exact) mass is 282 g/mol. The van der Waals surface area contributed by atoms with Crippen molar-refractivity contribution >= 4 is 22.3 Å². The standard InChI is InChI=1S/C13H18N2O3S/c1-17-13(16)11-9-2-3-14-8-10(9)19-12(11)15-4-6-18-7-5-15/h14H,2-8H2,1H3. The second-order valence-electron chi connectivity index (χ2n) is 4.70. The van der Waals surface area contributed by atoms with E-state index < -0.39 is 0 Å². The maximum Gasteiger partial charge on any atom is 0.341 e. The van der Waals surface area contributed by atoms with Crippen LogP contribution in [0.5, 0.6) is 0 Å². The van der Waals surface area contributed by atoms with Gasteiger partial charge in [-0.2, -0.15) is 0 Å². The number of rotatable bonds is 2. The van der Waals surface area contributed by atoms with Gasteiger partial charge in [-0.05, 0) is 18.5 Å². The third-order valence-corrected chi connectivity index (χ3v) is 4.89. The van der Waals surface area contributed by atoms with Crippen molar-refractivity contribution in [1.82, 2.24) is 5.32 Å². The quantitative estimate of drug-likeness (QED) is 0.821. The summed E-state index contributed by atoms with van der Waals surface area (Å²) in [5.74, 6) is -0.208. The number of methoxy groups -OCH3 is 1. The summed E-state index contributed by atoms with van der Waals surface area (Å²) in [6.45, 7) is 4.92. The summed E-state index contributed by atoms with van der Waals surface area (Å²) in [4.78, 5) is 15.6. The van der Waals surface area contributed by atoms with E-state index in [1.807, 2.05) is 0 Å². The van der Waals surface area contributed by atoms with E-state index in [1.165, 1.54) is 17.6 Å². The molecule has 0 aliphatic carbocycles. The number of hydrogen-bond donors (Lipinski definition) is 1. The highest BCUT2D eigenvalue weighted by atomic mass is 32.1. The normalized spacial score (nSPS) is 19.1. The molecule has 0 saturated carbocycles. The van der Waals surface area contributed by atoms with Gasteiger partial charge in [-0.15, -0.1) is 11.3 Å². The van der Waals surface area contributed by atoms with E-state index in [-0.39, 0.29) is 5.97 Å². The first-order chi connectivity index (χ1) is 9.31. The third kappa shape index (κ3) is 2.35. The number of nitrogens with zero attached hydrogens (tertiary/aromatic N) is 1. The lowest BCUT2D eigenvalue weighted by Crippen LogP contribution is -2.36. The molecule has 3 heterocycles. The Balaban J connectivity index is 2.01. The van der Waals surface area contributed by atoms with Crippen LogP contribution in [0.25, 0.3) is 0 Å². The van der Waals surface area contributed by atoms with Gasteiger partial charge in [-0.1, -0.05) is 0 Å². The van der Waals surface area contributed by atoms with Gasteiger partial charge in [0.25, 0.3) is 0 Å². The van der Waals surface area contributed by atoms with Gasteiger partial charge in [0.1, 0.15) is 5.00 Å². The highest BCUT2D eigenvalue weighted by Crippen LogP contribution is 2.38. The number of carbonyl (C=O) groups excluding carboxylic acids is 1. The van der Waals surface area contributed by atoms with Gasteiger partial charge in [0.05, 0.1) is 25.9 Å². The minimum atomic E-state index is -0.208. The zero-order valence-corrected chi connectivity index (χ0v) is 11.8. The van der Waals surface area contributed by atoms with Crippen molar-refractivity contribution in [1.29, 1.82) is 0 Å². The van der Waals surface area contributed by atoms with Crippen LogP contribution in [0.15, 0.2) is 0 Å². The average Bonchev–Trinajstić information content (AvgIpc) is 2.87. The first kappa shape index (κ1) is 12.9. The van der Waals surface area contributed by atoms with Crippen LogP contribution in [0.3, 0.4) is 0 Å². The van der Waals surface area contributed by atoms with E-state index in [0.29, 0.717) is 0 Å². The molecule has 1 fully saturated rings. The van der Waals surface area contributed by atoms with Crippen LogP contribution in [0, 0.1) is 0 Å². The van der Waals surface area contributed by atoms with Crippen molar-refractivity contribution in [3.05, 3.63) is 16.0 Å². The Labute approximate surface area is 116 Å². The van der Waals surface area contributed by atoms with Crippen molar-refractivity contribution in [3.8, 4) is 0 Å². The highest BCUT2D eigenvalue weighted by molar-refractivity contribution is 7.16. The first-order valence-corrected chi connectivity index (χ1v) is 7.39. The van der Waals surface area contributed by atoms with Gasteiger partial charge in [0, 0.05) is 24.5 Å². The lowest BCUT2D eigenvalue weighted by atomic mass is 10.0. The topological polar surface area (TPSA) is 50.8 Å². The summed E-state index contributed by atoms with van der Waals surface area (Å²) >= 11 is 1.72. The summed E-state index contributed by atoms with van der Waals surface area (Å²) in [6, 6.07) is 0. The fraction of sp³-hybridized carbons (Fsp3) is 0.615. The van der Waals surface area contributed by atoms with Crippen LogP contribution < -0.4 is 10.2 Å². The molecular formula is C13H18N2O3S. The minimum absolute atomic E-state index is 0.208. The molecule has 0 aromatic carbocycles. The summed E-state index contributed by atoms with van der Waals surface area (Å²) in [6.07, 6.45) is 0.903. The Morgan fingerprint density at radius 1 is 1.42 bits per heavy atom. The predicted molar refractivity (Wildman–Crippen MR) is 74.1 cm³/mol. The molecule has 5 nitrogen and oxygen atoms in total. The summed E-state index contributed by atoms with van der Waals surface area (Å²) < 4.78 is 10.4. The molecule has 1 aromatic rings. The number of thiophene rings is 1. The summed E-state index contributed by atoms with van der Waals surface area (Å²) in [7, 11) is 1.45. The van der Waals surface area contributed by atoms with Crippen molar-refractivity contribution in [2.24, 2.45) is 0 Å². The molecular weight excluding hydrogens is 264 g/mol. The smallest absolute Gasteiger partial charge is 0.341 e. The first-order valence-electron chi connectivity index (χ1n) is 6.57. The van der Waals surface area contributed by atoms with Gasteiger partial charge >= 0.3 is 5.97 Å². The molecule has 6 heteroatoms. The molecule has 0 bridgehead atoms. The molecule has 0 unspecified atom stereocenters. The number of esters is 1. The van der Waals surface area contributed by atoms with Crippen LogP contribution in [0.4, 0.5) is 5.00 Å². The maximum absolute atomic E-state index is 12.1. The molecule has 19 heavy (non-hydrogen) atoms. The van der Waals surface area contributed by atoms with E-state index in [1.54, 1.807) is 11.3 Å². The summed E-state index contributed by atoms with van der Waals surface area (Å²) in [5, 5.41) is 4.42. The Kier molecular flexibility index (Phi) is 3.72. The van der Waals surface area contributed by atoms with Crippen LogP contribution in [0.2, 0.25) is 0 Å². The average molecular weight is 282 g/mol. The Morgan fingerprint density at radius 2 is 2.21 bits per heavy atom. The molecule has 0 spiro atoms. The molecule has 2 aliphatic heterocycles. The van der Waals surface area contributed by atoms with Crippen LogP contribution in [0.1, 0.15) is 20.8 Å². The maximum atomic E-state index is 12.1. The molecule has 104 valence electrons. The van der Waals surface area contributed by atoms with Crippen LogP contribution in [-0.4, -0.2) is 45.9 Å². The molecule has 0 amide bonds. The summed E-state index contributed by atoms with van der Waals surface area (Å²) in [5.41, 5.74) is 1.96. The van der Waals surface area contributed by atoms with Gasteiger partial charge in [0.15, 0.2) is 0 Å². The van der Waals surface area contributed by atoms with Crippen molar-refractivity contribution in [2.45, 2.75) is 13.0 Å². The van der Waals surface area contributed by atoms with Gasteiger partial charge in [-0.25, -0.2) is 4.79 Å². The molecule has 3 rings (SSSR count). The van der Waals surface area contributed by atoms with Crippen LogP contribution in [-0.2, 0) is 22.4 Å². The van der Waals surface area contributed by atoms with E-state index in [9.17, 15) is 4.79 Å². The highest BCUT2D eigenvalue weighted by Gasteiger charge is 2.29. The lowest BCUT2D eigenvalue weighted by Gasteiger charge is -2.28. The number of nitrogens with one attached hydrogen (secondary N) is 1. The van der Waals surface area contributed by atoms with E-state index in [2.05, 4.69) is 10.2 Å². The second-order valence-corrected chi connectivity index (χ2v) is 5.79. The van der Waals surface area contributed by atoms with Crippen LogP contribution >= 0.6 is 11.3 Å². The second kappa shape index (κ2) is 5.48. The fourth-order valence-electron chi connectivity index (χ4n) is 2.62. The molecule has 1 N–H and O–H groups in total. The zero-order valence-electron chi connectivity index (χ0n) is 11.0. The number of anilines is 1. The molecule has 1 aromatic heterocycles. The number of morpholine rings is 1. The van der Waals surface area contributed by atoms with E-state index in [4.69, 9.17) is 9.47 Å². The van der Waals surface area contributed by atoms with Crippen molar-refractivity contribution in [3.63, 3.8) is 0 Å². The van der Waals surface area contributed by atoms with Crippen molar-refractivity contribution < 1.29 is 14.3 Å². The number of ether oxygens (including phenoxy) is 2. The number of hydrogen-bond acceptors (Lipinski definition) is 6. The SMILES string of the molecule is COC(=O)c1c(N2CCOCC2)sc2c1CCNC2. The Bertz CT molecular complexity index is 480. The number of fused-ring (bicyclic) bond motifs is 1. The Hall–Kier alpha value is -1.11. The largest absolute Gasteiger partial charge is 0.465 e. The third-order valence-electron chi connectivity index (χ3n) is 3.60. The Morgan fingerprint density at radius 3 is 2.95 bits per heavy atom. The molecule has 1 saturated heterocycles. The van der Waals surface area contributed by atoms with Crippen molar-refractivity contribution in [2.75, 3.05) is 44.9 Å². The fourth-order valence-corrected chi connectivity index (χ4v) is 3.98. The lowest BCUT2D eigenvalue weighted by molar-refractivity contribution is 0.0599. The van der Waals surface area contributed by atoms with Gasteiger partial charge in [-0.3, -0.25) is 0 Å². The number of carbonyl (C=O) groups is 1. The van der Waals surface area contributed by atoms with E-state index in [0.717, 1.165) is 56.4 Å². The van der Waals surface area contributed by atoms with Gasteiger partial charge < -0.3 is 19.7 Å². The molecule has 0 atom stereocenters. The predicted octanol–water partition coefficient (Wildman–Crippen LogP) is 1.02. The molecule has 2 aliphatic rings.